The minimum atomic E-state index is 0.0338. The summed E-state index contributed by atoms with van der Waals surface area (Å²) >= 11 is 0. The van der Waals surface area contributed by atoms with Crippen LogP contribution in [-0.2, 0) is 0 Å². The summed E-state index contributed by atoms with van der Waals surface area (Å²) < 4.78 is 0. The Balaban J connectivity index is 1.56. The summed E-state index contributed by atoms with van der Waals surface area (Å²) in [6, 6.07) is 0.0338. The summed E-state index contributed by atoms with van der Waals surface area (Å²) in [7, 11) is 2.16. The Morgan fingerprint density at radius 1 is 1.24 bits per heavy atom. The Bertz CT molecular complexity index is 319. The van der Waals surface area contributed by atoms with Gasteiger partial charge < -0.3 is 25.1 Å². The van der Waals surface area contributed by atoms with E-state index in [-0.39, 0.29) is 18.6 Å². The van der Waals surface area contributed by atoms with Crippen molar-refractivity contribution in [3.05, 3.63) is 0 Å². The van der Waals surface area contributed by atoms with Crippen molar-refractivity contribution in [1.29, 1.82) is 0 Å². The average Bonchev–Trinajstić information content (AvgIpc) is 2.53. The van der Waals surface area contributed by atoms with Gasteiger partial charge in [-0.15, -0.1) is 0 Å². The highest BCUT2D eigenvalue weighted by molar-refractivity contribution is 5.74. The van der Waals surface area contributed by atoms with Crippen molar-refractivity contribution in [1.82, 2.24) is 20.0 Å². The lowest BCUT2D eigenvalue weighted by atomic mass is 9.99. The number of nitrogens with one attached hydrogen (secondary N) is 1. The Morgan fingerprint density at radius 3 is 2.71 bits per heavy atom. The van der Waals surface area contributed by atoms with Crippen LogP contribution in [-0.4, -0.2) is 91.8 Å². The zero-order valence-corrected chi connectivity index (χ0v) is 13.3. The Morgan fingerprint density at radius 2 is 2.00 bits per heavy atom. The van der Waals surface area contributed by atoms with Gasteiger partial charge in [0.15, 0.2) is 0 Å². The number of piperidine rings is 1. The fourth-order valence-electron chi connectivity index (χ4n) is 3.08. The van der Waals surface area contributed by atoms with Crippen LogP contribution in [0, 0.1) is 5.92 Å². The van der Waals surface area contributed by atoms with Gasteiger partial charge in [-0.25, -0.2) is 4.79 Å². The van der Waals surface area contributed by atoms with Crippen LogP contribution in [0.4, 0.5) is 4.79 Å². The summed E-state index contributed by atoms with van der Waals surface area (Å²) in [5, 5.41) is 12.2. The maximum absolute atomic E-state index is 12.1. The molecule has 0 radical (unpaired) electrons. The van der Waals surface area contributed by atoms with E-state index in [9.17, 15) is 9.90 Å². The first-order valence-electron chi connectivity index (χ1n) is 8.23. The topological polar surface area (TPSA) is 59.0 Å². The number of hydrogen-bond acceptors (Lipinski definition) is 4. The fraction of sp³-hybridized carbons (Fsp3) is 0.933. The Hall–Kier alpha value is -0.850. The molecule has 21 heavy (non-hydrogen) atoms. The molecule has 0 aromatic carbocycles. The number of carbonyl (C=O) groups is 1. The van der Waals surface area contributed by atoms with Crippen molar-refractivity contribution in [2.75, 3.05) is 66.0 Å². The highest BCUT2D eigenvalue weighted by atomic mass is 16.3. The molecule has 1 unspecified atom stereocenters. The lowest BCUT2D eigenvalue weighted by Crippen LogP contribution is -2.47. The molecule has 2 fully saturated rings. The predicted octanol–water partition coefficient (Wildman–Crippen LogP) is 0.0378. The van der Waals surface area contributed by atoms with Crippen LogP contribution in [0.15, 0.2) is 0 Å². The third-order valence-electron chi connectivity index (χ3n) is 4.59. The standard InChI is InChI=1S/C15H30N4O2/c1-17-8-10-18(11-9-17)6-3-5-16-15(21)19-7-2-4-14(12-19)13-20/h14,20H,2-13H2,1H3,(H,16,21). The van der Waals surface area contributed by atoms with Crippen molar-refractivity contribution in [2.45, 2.75) is 19.3 Å². The molecule has 0 aliphatic carbocycles. The number of nitrogens with zero attached hydrogens (tertiary/aromatic N) is 3. The van der Waals surface area contributed by atoms with Gasteiger partial charge in [-0.3, -0.25) is 0 Å². The van der Waals surface area contributed by atoms with E-state index in [1.165, 1.54) is 0 Å². The number of urea groups is 1. The molecule has 2 rings (SSSR count). The summed E-state index contributed by atoms with van der Waals surface area (Å²) in [4.78, 5) is 18.7. The van der Waals surface area contributed by atoms with Gasteiger partial charge in [-0.05, 0) is 38.8 Å². The SMILES string of the molecule is CN1CCN(CCCNC(=O)N2CCCC(CO)C2)CC1. The van der Waals surface area contributed by atoms with Crippen LogP contribution in [0.3, 0.4) is 0 Å². The number of hydrogen-bond donors (Lipinski definition) is 2. The molecular weight excluding hydrogens is 268 g/mol. The van der Waals surface area contributed by atoms with Crippen LogP contribution in [0.5, 0.6) is 0 Å². The molecule has 6 heteroatoms. The van der Waals surface area contributed by atoms with Crippen LogP contribution in [0.1, 0.15) is 19.3 Å². The first-order valence-corrected chi connectivity index (χ1v) is 8.23. The second-order valence-electron chi connectivity index (χ2n) is 6.37. The number of likely N-dealkylation sites (tertiary alicyclic amines) is 1. The van der Waals surface area contributed by atoms with Crippen molar-refractivity contribution >= 4 is 6.03 Å². The maximum atomic E-state index is 12.1. The van der Waals surface area contributed by atoms with Crippen LogP contribution in [0.25, 0.3) is 0 Å². The van der Waals surface area contributed by atoms with E-state index < -0.39 is 0 Å². The number of likely N-dealkylation sites (N-methyl/N-ethyl adjacent to an activating group) is 1. The van der Waals surface area contributed by atoms with Crippen molar-refractivity contribution < 1.29 is 9.90 Å². The quantitative estimate of drug-likeness (QED) is 0.704. The molecule has 6 nitrogen and oxygen atoms in total. The van der Waals surface area contributed by atoms with Crippen LogP contribution in [0.2, 0.25) is 0 Å². The van der Waals surface area contributed by atoms with Crippen molar-refractivity contribution in [3.8, 4) is 0 Å². The van der Waals surface area contributed by atoms with E-state index in [4.69, 9.17) is 0 Å². The molecular formula is C15H30N4O2. The summed E-state index contributed by atoms with van der Waals surface area (Å²) in [5.74, 6) is 0.259. The van der Waals surface area contributed by atoms with E-state index in [0.29, 0.717) is 6.54 Å². The Labute approximate surface area is 128 Å². The number of piperazine rings is 1. The fourth-order valence-corrected chi connectivity index (χ4v) is 3.08. The molecule has 0 aromatic heterocycles. The minimum absolute atomic E-state index is 0.0338. The number of aliphatic hydroxyl groups is 1. The Kier molecular flexibility index (Phi) is 6.73. The highest BCUT2D eigenvalue weighted by Crippen LogP contribution is 2.15. The van der Waals surface area contributed by atoms with Crippen LogP contribution >= 0.6 is 0 Å². The van der Waals surface area contributed by atoms with Gasteiger partial charge in [-0.2, -0.15) is 0 Å². The second kappa shape index (κ2) is 8.56. The second-order valence-corrected chi connectivity index (χ2v) is 6.37. The lowest BCUT2D eigenvalue weighted by molar-refractivity contribution is 0.128. The third-order valence-corrected chi connectivity index (χ3v) is 4.59. The summed E-state index contributed by atoms with van der Waals surface area (Å²) in [5.41, 5.74) is 0. The van der Waals surface area contributed by atoms with Crippen molar-refractivity contribution in [3.63, 3.8) is 0 Å². The van der Waals surface area contributed by atoms with Gasteiger partial charge in [-0.1, -0.05) is 0 Å². The molecule has 1 atom stereocenters. The van der Waals surface area contributed by atoms with Gasteiger partial charge in [0.25, 0.3) is 0 Å². The molecule has 0 spiro atoms. The molecule has 122 valence electrons. The molecule has 2 N–H and O–H groups in total. The first kappa shape index (κ1) is 16.5. The number of carbonyl (C=O) groups excluding carboxylic acids is 1. The maximum Gasteiger partial charge on any atom is 0.317 e. The van der Waals surface area contributed by atoms with E-state index >= 15 is 0 Å². The van der Waals surface area contributed by atoms with Crippen LogP contribution < -0.4 is 5.32 Å². The van der Waals surface area contributed by atoms with E-state index in [2.05, 4.69) is 22.2 Å². The van der Waals surface area contributed by atoms with E-state index in [0.717, 1.165) is 65.1 Å². The predicted molar refractivity (Wildman–Crippen MR) is 83.3 cm³/mol. The van der Waals surface area contributed by atoms with Gasteiger partial charge >= 0.3 is 6.03 Å². The lowest BCUT2D eigenvalue weighted by Gasteiger charge is -2.33. The molecule has 2 saturated heterocycles. The minimum Gasteiger partial charge on any atom is -0.396 e. The highest BCUT2D eigenvalue weighted by Gasteiger charge is 2.22. The first-order chi connectivity index (χ1) is 10.2. The molecule has 0 aromatic rings. The third kappa shape index (κ3) is 5.45. The van der Waals surface area contributed by atoms with Crippen molar-refractivity contribution in [2.24, 2.45) is 5.92 Å². The zero-order chi connectivity index (χ0) is 15.1. The monoisotopic (exact) mass is 298 g/mol. The number of aliphatic hydroxyl groups excluding tert-OH is 1. The molecule has 2 heterocycles. The molecule has 0 bridgehead atoms. The molecule has 0 saturated carbocycles. The van der Waals surface area contributed by atoms with Gasteiger partial charge in [0.2, 0.25) is 0 Å². The summed E-state index contributed by atoms with van der Waals surface area (Å²) in [6.45, 7) is 8.06. The molecule has 2 amide bonds. The number of rotatable bonds is 5. The normalized spacial score (nSPS) is 25.0. The van der Waals surface area contributed by atoms with E-state index in [1.54, 1.807) is 0 Å². The smallest absolute Gasteiger partial charge is 0.317 e. The van der Waals surface area contributed by atoms with Gasteiger partial charge in [0.1, 0.15) is 0 Å². The zero-order valence-electron chi connectivity index (χ0n) is 13.3. The average molecular weight is 298 g/mol. The number of amides is 2. The largest absolute Gasteiger partial charge is 0.396 e. The van der Waals surface area contributed by atoms with Gasteiger partial charge in [0, 0.05) is 52.4 Å². The molecule has 2 aliphatic heterocycles. The van der Waals surface area contributed by atoms with Gasteiger partial charge in [0.05, 0.1) is 0 Å². The molecule has 2 aliphatic rings. The summed E-state index contributed by atoms with van der Waals surface area (Å²) in [6.07, 6.45) is 3.04. The van der Waals surface area contributed by atoms with E-state index in [1.807, 2.05) is 4.90 Å².